The van der Waals surface area contributed by atoms with Crippen molar-refractivity contribution in [3.05, 3.63) is 82.8 Å². The van der Waals surface area contributed by atoms with Crippen LogP contribution in [0.25, 0.3) is 0 Å². The Kier molecular flexibility index (Phi) is 7.18. The summed E-state index contributed by atoms with van der Waals surface area (Å²) in [7, 11) is 3.05. The van der Waals surface area contributed by atoms with Crippen LogP contribution < -0.4 is 9.47 Å². The first-order valence-electron chi connectivity index (χ1n) is 10.5. The van der Waals surface area contributed by atoms with Crippen LogP contribution in [0, 0.1) is 0 Å². The van der Waals surface area contributed by atoms with Gasteiger partial charge >= 0.3 is 5.97 Å². The maximum absolute atomic E-state index is 13.0. The molecule has 0 saturated heterocycles. The average Bonchev–Trinajstić information content (AvgIpc) is 3.53. The van der Waals surface area contributed by atoms with Gasteiger partial charge in [-0.05, 0) is 35.9 Å². The third kappa shape index (κ3) is 5.23. The standard InChI is InChI=1S/C25H23ClN2O6/c1-31-19-10-7-17(23(13-19)32-2)12-25(30)34-15-24(29)28-21(22-4-3-11-33-22)14-20(27-28)16-5-8-18(26)9-6-16/h3-11,13,21H,12,14-15H2,1-2H3. The third-order valence-electron chi connectivity index (χ3n) is 5.40. The Bertz CT molecular complexity index is 1190. The number of ether oxygens (including phenoxy) is 3. The lowest BCUT2D eigenvalue weighted by molar-refractivity contribution is -0.152. The summed E-state index contributed by atoms with van der Waals surface area (Å²) in [5.41, 5.74) is 2.18. The second-order valence-electron chi connectivity index (χ2n) is 7.54. The van der Waals surface area contributed by atoms with Crippen LogP contribution in [-0.2, 0) is 20.7 Å². The minimum atomic E-state index is -0.563. The number of nitrogens with zero attached hydrogens (tertiary/aromatic N) is 2. The highest BCUT2D eigenvalue weighted by molar-refractivity contribution is 6.30. The summed E-state index contributed by atoms with van der Waals surface area (Å²) in [6.45, 7) is -0.452. The number of hydrogen-bond donors (Lipinski definition) is 0. The van der Waals surface area contributed by atoms with Crippen LogP contribution in [0.1, 0.15) is 29.3 Å². The molecule has 0 spiro atoms. The Morgan fingerprint density at radius 1 is 1.12 bits per heavy atom. The van der Waals surface area contributed by atoms with Crippen LogP contribution in [0.4, 0.5) is 0 Å². The van der Waals surface area contributed by atoms with Crippen molar-refractivity contribution in [1.82, 2.24) is 5.01 Å². The van der Waals surface area contributed by atoms with Crippen molar-refractivity contribution in [3.63, 3.8) is 0 Å². The van der Waals surface area contributed by atoms with Crippen LogP contribution in [-0.4, -0.2) is 43.4 Å². The van der Waals surface area contributed by atoms with Gasteiger partial charge in [0.2, 0.25) is 0 Å². The molecule has 0 radical (unpaired) electrons. The average molecular weight is 483 g/mol. The minimum Gasteiger partial charge on any atom is -0.497 e. The zero-order chi connectivity index (χ0) is 24.1. The molecule has 1 aliphatic rings. The van der Waals surface area contributed by atoms with Crippen molar-refractivity contribution < 1.29 is 28.2 Å². The number of esters is 1. The van der Waals surface area contributed by atoms with Crippen molar-refractivity contribution in [2.45, 2.75) is 18.9 Å². The number of furan rings is 1. The summed E-state index contributed by atoms with van der Waals surface area (Å²) in [6, 6.07) is 15.4. The van der Waals surface area contributed by atoms with Gasteiger partial charge in [-0.25, -0.2) is 5.01 Å². The van der Waals surface area contributed by atoms with E-state index in [1.54, 1.807) is 55.8 Å². The molecule has 3 aromatic rings. The summed E-state index contributed by atoms with van der Waals surface area (Å²) >= 11 is 5.99. The minimum absolute atomic E-state index is 0.0542. The molecule has 2 heterocycles. The van der Waals surface area contributed by atoms with Crippen molar-refractivity contribution >= 4 is 29.2 Å². The van der Waals surface area contributed by atoms with E-state index in [-0.39, 0.29) is 6.42 Å². The molecule has 1 atom stereocenters. The molecular formula is C25H23ClN2O6. The van der Waals surface area contributed by atoms with E-state index in [1.165, 1.54) is 12.1 Å². The van der Waals surface area contributed by atoms with Gasteiger partial charge in [0, 0.05) is 23.1 Å². The molecule has 1 aromatic heterocycles. The van der Waals surface area contributed by atoms with Gasteiger partial charge in [0.05, 0.1) is 32.6 Å². The zero-order valence-electron chi connectivity index (χ0n) is 18.7. The Labute approximate surface area is 201 Å². The Balaban J connectivity index is 1.44. The van der Waals surface area contributed by atoms with Crippen LogP contribution in [0.15, 0.2) is 70.4 Å². The van der Waals surface area contributed by atoms with Crippen LogP contribution in [0.3, 0.4) is 0 Å². The number of carbonyl (C=O) groups excluding carboxylic acids is 2. The molecule has 0 fully saturated rings. The Morgan fingerprint density at radius 3 is 2.59 bits per heavy atom. The quantitative estimate of drug-likeness (QED) is 0.442. The van der Waals surface area contributed by atoms with E-state index in [0.717, 1.165) is 5.56 Å². The predicted octanol–water partition coefficient (Wildman–Crippen LogP) is 4.41. The lowest BCUT2D eigenvalue weighted by Crippen LogP contribution is -2.31. The van der Waals surface area contributed by atoms with Gasteiger partial charge < -0.3 is 18.6 Å². The molecule has 2 aromatic carbocycles. The molecular weight excluding hydrogens is 460 g/mol. The van der Waals surface area contributed by atoms with E-state index in [9.17, 15) is 9.59 Å². The molecule has 9 heteroatoms. The number of carbonyl (C=O) groups is 2. The molecule has 0 saturated carbocycles. The van der Waals surface area contributed by atoms with E-state index in [1.807, 2.05) is 12.1 Å². The fourth-order valence-electron chi connectivity index (χ4n) is 3.67. The van der Waals surface area contributed by atoms with Gasteiger partial charge in [0.15, 0.2) is 6.61 Å². The number of benzene rings is 2. The SMILES string of the molecule is COc1ccc(CC(=O)OCC(=O)N2N=C(c3ccc(Cl)cc3)CC2c2ccco2)c(OC)c1. The first-order valence-corrected chi connectivity index (χ1v) is 10.9. The lowest BCUT2D eigenvalue weighted by atomic mass is 10.0. The summed E-state index contributed by atoms with van der Waals surface area (Å²) in [5, 5.41) is 6.42. The van der Waals surface area contributed by atoms with Crippen molar-refractivity contribution in [2.75, 3.05) is 20.8 Å². The Hall–Kier alpha value is -3.78. The van der Waals surface area contributed by atoms with Gasteiger partial charge in [-0.3, -0.25) is 9.59 Å². The zero-order valence-corrected chi connectivity index (χ0v) is 19.4. The molecule has 1 aliphatic heterocycles. The highest BCUT2D eigenvalue weighted by atomic mass is 35.5. The fourth-order valence-corrected chi connectivity index (χ4v) is 3.80. The fraction of sp³-hybridized carbons (Fsp3) is 0.240. The first kappa shape index (κ1) is 23.4. The van der Waals surface area contributed by atoms with Crippen molar-refractivity contribution in [2.24, 2.45) is 5.10 Å². The lowest BCUT2D eigenvalue weighted by Gasteiger charge is -2.19. The van der Waals surface area contributed by atoms with E-state index in [2.05, 4.69) is 5.10 Å². The molecule has 176 valence electrons. The van der Waals surface area contributed by atoms with Gasteiger partial charge in [-0.2, -0.15) is 5.10 Å². The number of amides is 1. The van der Waals surface area contributed by atoms with Crippen LogP contribution >= 0.6 is 11.6 Å². The third-order valence-corrected chi connectivity index (χ3v) is 5.65. The summed E-state index contributed by atoms with van der Waals surface area (Å²) in [4.78, 5) is 25.4. The van der Waals surface area contributed by atoms with Gasteiger partial charge in [-0.15, -0.1) is 0 Å². The molecule has 0 aliphatic carbocycles. The summed E-state index contributed by atoms with van der Waals surface area (Å²) in [6.07, 6.45) is 1.94. The van der Waals surface area contributed by atoms with Gasteiger partial charge in [0.1, 0.15) is 23.3 Å². The molecule has 34 heavy (non-hydrogen) atoms. The first-order chi connectivity index (χ1) is 16.5. The van der Waals surface area contributed by atoms with E-state index in [4.69, 9.17) is 30.2 Å². The topological polar surface area (TPSA) is 90.6 Å². The molecule has 0 bridgehead atoms. The maximum Gasteiger partial charge on any atom is 0.310 e. The molecule has 4 rings (SSSR count). The normalized spacial score (nSPS) is 15.1. The molecule has 8 nitrogen and oxygen atoms in total. The van der Waals surface area contributed by atoms with E-state index >= 15 is 0 Å². The van der Waals surface area contributed by atoms with E-state index < -0.39 is 24.5 Å². The molecule has 1 unspecified atom stereocenters. The second-order valence-corrected chi connectivity index (χ2v) is 7.98. The number of hydrogen-bond acceptors (Lipinski definition) is 7. The number of methoxy groups -OCH3 is 2. The Morgan fingerprint density at radius 2 is 1.91 bits per heavy atom. The van der Waals surface area contributed by atoms with Gasteiger partial charge in [0.25, 0.3) is 5.91 Å². The predicted molar refractivity (Wildman–Crippen MR) is 125 cm³/mol. The molecule has 1 amide bonds. The number of hydrazone groups is 1. The van der Waals surface area contributed by atoms with Crippen molar-refractivity contribution in [3.8, 4) is 11.5 Å². The highest BCUT2D eigenvalue weighted by Gasteiger charge is 2.35. The van der Waals surface area contributed by atoms with Gasteiger partial charge in [-0.1, -0.05) is 29.8 Å². The number of rotatable bonds is 8. The van der Waals surface area contributed by atoms with Crippen LogP contribution in [0.5, 0.6) is 11.5 Å². The van der Waals surface area contributed by atoms with Crippen molar-refractivity contribution in [1.29, 1.82) is 0 Å². The number of halogens is 1. The second kappa shape index (κ2) is 10.4. The highest BCUT2D eigenvalue weighted by Crippen LogP contribution is 2.33. The smallest absolute Gasteiger partial charge is 0.310 e. The summed E-state index contributed by atoms with van der Waals surface area (Å²) in [5.74, 6) is 0.678. The maximum atomic E-state index is 13.0. The molecule has 0 N–H and O–H groups in total. The summed E-state index contributed by atoms with van der Waals surface area (Å²) < 4.78 is 21.3. The van der Waals surface area contributed by atoms with E-state index in [0.29, 0.717) is 40.0 Å². The van der Waals surface area contributed by atoms with Crippen LogP contribution in [0.2, 0.25) is 5.02 Å². The largest absolute Gasteiger partial charge is 0.497 e. The monoisotopic (exact) mass is 482 g/mol.